The Bertz CT molecular complexity index is 609. The number of rotatable bonds is 2. The third kappa shape index (κ3) is 3.02. The van der Waals surface area contributed by atoms with E-state index in [-0.39, 0.29) is 15.3 Å². The molecule has 0 fully saturated rings. The summed E-state index contributed by atoms with van der Waals surface area (Å²) < 4.78 is 13.3. The molecule has 0 bridgehead atoms. The van der Waals surface area contributed by atoms with Gasteiger partial charge in [-0.05, 0) is 34.1 Å². The number of anilines is 1. The van der Waals surface area contributed by atoms with E-state index in [0.717, 1.165) is 0 Å². The second-order valence-corrected chi connectivity index (χ2v) is 4.55. The first-order valence-electron chi connectivity index (χ1n) is 4.80. The second-order valence-electron chi connectivity index (χ2n) is 3.31. The molecule has 0 atom stereocenters. The van der Waals surface area contributed by atoms with E-state index < -0.39 is 11.7 Å². The lowest BCUT2D eigenvalue weighted by molar-refractivity contribution is 0.102. The van der Waals surface area contributed by atoms with Gasteiger partial charge in [0.1, 0.15) is 16.7 Å². The molecule has 1 heterocycles. The molecule has 0 radical (unpaired) electrons. The van der Waals surface area contributed by atoms with Gasteiger partial charge in [0.15, 0.2) is 0 Å². The van der Waals surface area contributed by atoms with Gasteiger partial charge in [-0.2, -0.15) is 0 Å². The highest BCUT2D eigenvalue weighted by atomic mass is 79.9. The minimum absolute atomic E-state index is 0.0861. The van der Waals surface area contributed by atoms with Gasteiger partial charge in [0.05, 0.1) is 16.9 Å². The fourth-order valence-corrected chi connectivity index (χ4v) is 1.75. The SMILES string of the molecule is O=C(Nc1ccc(F)c(Br)c1)c1cncc(Cl)n1. The number of hydrogen-bond donors (Lipinski definition) is 1. The average molecular weight is 331 g/mol. The number of nitrogens with one attached hydrogen (secondary N) is 1. The van der Waals surface area contributed by atoms with Gasteiger partial charge in [-0.1, -0.05) is 11.6 Å². The highest BCUT2D eigenvalue weighted by Crippen LogP contribution is 2.20. The number of benzene rings is 1. The molecular weight excluding hydrogens is 324 g/mol. The summed E-state index contributed by atoms with van der Waals surface area (Å²) in [7, 11) is 0. The highest BCUT2D eigenvalue weighted by Gasteiger charge is 2.09. The van der Waals surface area contributed by atoms with Crippen LogP contribution in [0.2, 0.25) is 5.15 Å². The number of nitrogens with zero attached hydrogens (tertiary/aromatic N) is 2. The predicted octanol–water partition coefficient (Wildman–Crippen LogP) is 3.28. The smallest absolute Gasteiger partial charge is 0.275 e. The Labute approximate surface area is 115 Å². The summed E-state index contributed by atoms with van der Waals surface area (Å²) in [4.78, 5) is 19.3. The first-order chi connectivity index (χ1) is 8.56. The third-order valence-electron chi connectivity index (χ3n) is 2.02. The van der Waals surface area contributed by atoms with Crippen molar-refractivity contribution in [3.8, 4) is 0 Å². The molecule has 0 spiro atoms. The van der Waals surface area contributed by atoms with E-state index in [4.69, 9.17) is 11.6 Å². The number of carbonyl (C=O) groups excluding carboxylic acids is 1. The normalized spacial score (nSPS) is 10.2. The van der Waals surface area contributed by atoms with Crippen molar-refractivity contribution in [2.75, 3.05) is 5.32 Å². The zero-order valence-corrected chi connectivity index (χ0v) is 11.2. The molecule has 92 valence electrons. The fourth-order valence-electron chi connectivity index (χ4n) is 1.22. The molecule has 0 saturated carbocycles. The Balaban J connectivity index is 2.18. The van der Waals surface area contributed by atoms with Crippen LogP contribution in [0, 0.1) is 5.82 Å². The Morgan fingerprint density at radius 3 is 2.83 bits per heavy atom. The van der Waals surface area contributed by atoms with Crippen molar-refractivity contribution in [2.45, 2.75) is 0 Å². The van der Waals surface area contributed by atoms with Gasteiger partial charge in [0.25, 0.3) is 5.91 Å². The maximum atomic E-state index is 13.0. The molecule has 7 heteroatoms. The molecule has 1 N–H and O–H groups in total. The van der Waals surface area contributed by atoms with Crippen molar-refractivity contribution in [1.82, 2.24) is 9.97 Å². The summed E-state index contributed by atoms with van der Waals surface area (Å²) in [6.07, 6.45) is 2.62. The molecule has 0 saturated heterocycles. The van der Waals surface area contributed by atoms with Crippen molar-refractivity contribution >= 4 is 39.1 Å². The van der Waals surface area contributed by atoms with Crippen LogP contribution >= 0.6 is 27.5 Å². The van der Waals surface area contributed by atoms with Crippen LogP contribution in [0.25, 0.3) is 0 Å². The lowest BCUT2D eigenvalue weighted by atomic mass is 10.3. The van der Waals surface area contributed by atoms with Gasteiger partial charge in [0.2, 0.25) is 0 Å². The van der Waals surface area contributed by atoms with Gasteiger partial charge in [-0.3, -0.25) is 9.78 Å². The van der Waals surface area contributed by atoms with Gasteiger partial charge < -0.3 is 5.32 Å². The molecule has 18 heavy (non-hydrogen) atoms. The monoisotopic (exact) mass is 329 g/mol. The third-order valence-corrected chi connectivity index (χ3v) is 2.81. The maximum Gasteiger partial charge on any atom is 0.275 e. The zero-order valence-electron chi connectivity index (χ0n) is 8.82. The van der Waals surface area contributed by atoms with E-state index in [9.17, 15) is 9.18 Å². The molecule has 0 aliphatic carbocycles. The van der Waals surface area contributed by atoms with Crippen molar-refractivity contribution in [2.24, 2.45) is 0 Å². The van der Waals surface area contributed by atoms with Gasteiger partial charge in [0, 0.05) is 5.69 Å². The van der Waals surface area contributed by atoms with Crippen molar-refractivity contribution in [3.05, 3.63) is 51.7 Å². The summed E-state index contributed by atoms with van der Waals surface area (Å²) in [5.74, 6) is -0.876. The molecule has 1 aromatic carbocycles. The summed E-state index contributed by atoms with van der Waals surface area (Å²) in [6, 6.07) is 4.13. The van der Waals surface area contributed by atoms with E-state index in [1.165, 1.54) is 30.6 Å². The largest absolute Gasteiger partial charge is 0.321 e. The summed E-state index contributed by atoms with van der Waals surface area (Å²) in [5, 5.41) is 2.68. The standard InChI is InChI=1S/C11H6BrClFN3O/c12-7-3-6(1-2-8(7)14)16-11(18)9-4-15-5-10(13)17-9/h1-5H,(H,16,18). The molecule has 1 amide bonds. The van der Waals surface area contributed by atoms with Crippen LogP contribution in [0.1, 0.15) is 10.5 Å². The van der Waals surface area contributed by atoms with E-state index in [1.807, 2.05) is 0 Å². The molecule has 2 aromatic rings. The van der Waals surface area contributed by atoms with Crippen LogP contribution in [0.5, 0.6) is 0 Å². The molecule has 0 aliphatic heterocycles. The number of amides is 1. The second kappa shape index (κ2) is 5.41. The molecule has 2 rings (SSSR count). The number of carbonyl (C=O) groups is 1. The number of halogens is 3. The molecule has 4 nitrogen and oxygen atoms in total. The van der Waals surface area contributed by atoms with Crippen LogP contribution in [0.3, 0.4) is 0 Å². The quantitative estimate of drug-likeness (QED) is 0.919. The topological polar surface area (TPSA) is 54.9 Å². The van der Waals surface area contributed by atoms with Crippen molar-refractivity contribution < 1.29 is 9.18 Å². The number of hydrogen-bond acceptors (Lipinski definition) is 3. The molecule has 0 unspecified atom stereocenters. The van der Waals surface area contributed by atoms with E-state index in [2.05, 4.69) is 31.2 Å². The summed E-state index contributed by atoms with van der Waals surface area (Å²) >= 11 is 8.66. The van der Waals surface area contributed by atoms with Gasteiger partial charge >= 0.3 is 0 Å². The first kappa shape index (κ1) is 12.9. The van der Waals surface area contributed by atoms with Crippen molar-refractivity contribution in [3.63, 3.8) is 0 Å². The van der Waals surface area contributed by atoms with Crippen LogP contribution in [0.15, 0.2) is 35.1 Å². The van der Waals surface area contributed by atoms with E-state index in [1.54, 1.807) is 0 Å². The molecule has 1 aromatic heterocycles. The average Bonchev–Trinajstić information content (AvgIpc) is 2.34. The van der Waals surface area contributed by atoms with Crippen LogP contribution < -0.4 is 5.32 Å². The van der Waals surface area contributed by atoms with Crippen molar-refractivity contribution in [1.29, 1.82) is 0 Å². The molecule has 0 aliphatic rings. The minimum Gasteiger partial charge on any atom is -0.321 e. The Morgan fingerprint density at radius 1 is 1.39 bits per heavy atom. The maximum absolute atomic E-state index is 13.0. The first-order valence-corrected chi connectivity index (χ1v) is 5.97. The molecular formula is C11H6BrClFN3O. The highest BCUT2D eigenvalue weighted by molar-refractivity contribution is 9.10. The predicted molar refractivity (Wildman–Crippen MR) is 69.1 cm³/mol. The summed E-state index contributed by atoms with van der Waals surface area (Å²) in [5.41, 5.74) is 0.526. The Hall–Kier alpha value is -1.53. The summed E-state index contributed by atoms with van der Waals surface area (Å²) in [6.45, 7) is 0. The van der Waals surface area contributed by atoms with Gasteiger partial charge in [-0.25, -0.2) is 9.37 Å². The van der Waals surface area contributed by atoms with Crippen LogP contribution in [-0.4, -0.2) is 15.9 Å². The lowest BCUT2D eigenvalue weighted by Crippen LogP contribution is -2.14. The van der Waals surface area contributed by atoms with Crippen LogP contribution in [-0.2, 0) is 0 Å². The lowest BCUT2D eigenvalue weighted by Gasteiger charge is -2.05. The Morgan fingerprint density at radius 2 is 2.17 bits per heavy atom. The minimum atomic E-state index is -0.469. The van der Waals surface area contributed by atoms with E-state index in [0.29, 0.717) is 5.69 Å². The van der Waals surface area contributed by atoms with Crippen LogP contribution in [0.4, 0.5) is 10.1 Å². The van der Waals surface area contributed by atoms with Gasteiger partial charge in [-0.15, -0.1) is 0 Å². The van der Waals surface area contributed by atoms with E-state index >= 15 is 0 Å². The zero-order chi connectivity index (χ0) is 13.1. The Kier molecular flexibility index (Phi) is 3.88. The fraction of sp³-hybridized carbons (Fsp3) is 0. The number of aromatic nitrogens is 2.